The van der Waals surface area contributed by atoms with E-state index in [1.165, 1.54) is 40.4 Å². The fourth-order valence-corrected chi connectivity index (χ4v) is 6.42. The van der Waals surface area contributed by atoms with Crippen LogP contribution in [0.15, 0.2) is 5.16 Å². The van der Waals surface area contributed by atoms with Crippen LogP contribution in [-0.2, 0) is 17.6 Å². The smallest absolute Gasteiger partial charge is 0.233 e. The molecule has 0 saturated carbocycles. The first kappa shape index (κ1) is 18.4. The fourth-order valence-electron chi connectivity index (χ4n) is 4.32. The Morgan fingerprint density at radius 2 is 1.93 bits per heavy atom. The quantitative estimate of drug-likeness (QED) is 0.602. The first-order chi connectivity index (χ1) is 13.6. The van der Waals surface area contributed by atoms with E-state index in [0.717, 1.165) is 60.2 Å². The third-order valence-electron chi connectivity index (χ3n) is 5.75. The molecule has 0 bridgehead atoms. The summed E-state index contributed by atoms with van der Waals surface area (Å²) in [5.41, 5.74) is 2.35. The van der Waals surface area contributed by atoms with E-state index in [1.54, 1.807) is 0 Å². The minimum Gasteiger partial charge on any atom is -0.342 e. The monoisotopic (exact) mass is 415 g/mol. The van der Waals surface area contributed by atoms with Gasteiger partial charge in [0.2, 0.25) is 5.91 Å². The molecule has 0 spiro atoms. The maximum absolute atomic E-state index is 12.5. The van der Waals surface area contributed by atoms with Crippen molar-refractivity contribution in [2.75, 3.05) is 18.8 Å². The van der Waals surface area contributed by atoms with E-state index in [9.17, 15) is 4.79 Å². The average Bonchev–Trinajstić information content (AvgIpc) is 3.42. The van der Waals surface area contributed by atoms with Crippen molar-refractivity contribution < 1.29 is 4.79 Å². The van der Waals surface area contributed by atoms with E-state index >= 15 is 0 Å². The van der Waals surface area contributed by atoms with Crippen LogP contribution in [0, 0.1) is 0 Å². The molecular weight excluding hydrogens is 390 g/mol. The molecular formula is C20H25N5OS2. The second-order valence-corrected chi connectivity index (χ2v) is 10.1. The number of rotatable bonds is 4. The molecule has 28 heavy (non-hydrogen) atoms. The number of likely N-dealkylation sites (tertiary alicyclic amines) is 1. The summed E-state index contributed by atoms with van der Waals surface area (Å²) in [6.07, 6.45) is 6.99. The number of fused-ring (bicyclic) bond motifs is 5. The van der Waals surface area contributed by atoms with Gasteiger partial charge < -0.3 is 4.90 Å². The van der Waals surface area contributed by atoms with E-state index in [0.29, 0.717) is 5.75 Å². The minimum atomic E-state index is 0.201. The zero-order valence-corrected chi connectivity index (χ0v) is 18.0. The van der Waals surface area contributed by atoms with Gasteiger partial charge in [0.1, 0.15) is 10.7 Å². The van der Waals surface area contributed by atoms with Crippen LogP contribution in [0.2, 0.25) is 0 Å². The van der Waals surface area contributed by atoms with Crippen LogP contribution in [0.4, 0.5) is 0 Å². The molecule has 148 valence electrons. The molecule has 0 radical (unpaired) electrons. The molecule has 1 saturated heterocycles. The molecule has 3 aromatic heterocycles. The van der Waals surface area contributed by atoms with Gasteiger partial charge in [0, 0.05) is 23.9 Å². The lowest BCUT2D eigenvalue weighted by molar-refractivity contribution is -0.127. The van der Waals surface area contributed by atoms with Crippen LogP contribution in [0.1, 0.15) is 61.7 Å². The van der Waals surface area contributed by atoms with Gasteiger partial charge in [-0.05, 0) is 44.1 Å². The van der Waals surface area contributed by atoms with Gasteiger partial charge in [0.15, 0.2) is 10.8 Å². The highest BCUT2D eigenvalue weighted by molar-refractivity contribution is 7.99. The van der Waals surface area contributed by atoms with E-state index < -0.39 is 0 Å². The van der Waals surface area contributed by atoms with Crippen molar-refractivity contribution in [2.45, 2.75) is 63.4 Å². The van der Waals surface area contributed by atoms with Gasteiger partial charge in [-0.25, -0.2) is 4.98 Å². The highest BCUT2D eigenvalue weighted by Gasteiger charge is 2.25. The second-order valence-electron chi connectivity index (χ2n) is 8.03. The summed E-state index contributed by atoms with van der Waals surface area (Å²) in [7, 11) is 0. The number of nitrogens with zero attached hydrogens (tertiary/aromatic N) is 5. The molecule has 3 aromatic rings. The molecule has 2 aliphatic rings. The fraction of sp³-hybridized carbons (Fsp3) is 0.600. The van der Waals surface area contributed by atoms with E-state index in [1.807, 2.05) is 16.2 Å². The van der Waals surface area contributed by atoms with Crippen LogP contribution in [-0.4, -0.2) is 49.2 Å². The number of thioether (sulfide) groups is 1. The Labute approximate surface area is 172 Å². The number of thiophene rings is 1. The Kier molecular flexibility index (Phi) is 4.79. The molecule has 1 aliphatic carbocycles. The van der Waals surface area contributed by atoms with Crippen LogP contribution in [0.3, 0.4) is 0 Å². The number of aryl methyl sites for hydroxylation is 2. The van der Waals surface area contributed by atoms with Crippen LogP contribution in [0.5, 0.6) is 0 Å². The van der Waals surface area contributed by atoms with Crippen LogP contribution in [0.25, 0.3) is 15.9 Å². The Morgan fingerprint density at radius 1 is 1.14 bits per heavy atom. The van der Waals surface area contributed by atoms with Gasteiger partial charge in [-0.2, -0.15) is 0 Å². The largest absolute Gasteiger partial charge is 0.342 e. The molecule has 8 heteroatoms. The summed E-state index contributed by atoms with van der Waals surface area (Å²) < 4.78 is 2.11. The third kappa shape index (κ3) is 3.01. The van der Waals surface area contributed by atoms with Gasteiger partial charge in [-0.1, -0.05) is 25.6 Å². The lowest BCUT2D eigenvalue weighted by Crippen LogP contribution is -2.29. The standard InChI is InChI=1S/C20H25N5OS2/c1-12(2)17-21-19-16(13-7-3-4-8-14(13)28-19)18-22-23-20(25(17)18)27-11-15(26)24-9-5-6-10-24/h12H,3-11H2,1-2H3. The molecule has 1 amide bonds. The molecule has 0 N–H and O–H groups in total. The van der Waals surface area contributed by atoms with Crippen molar-refractivity contribution >= 4 is 44.9 Å². The van der Waals surface area contributed by atoms with Crippen molar-refractivity contribution in [1.82, 2.24) is 24.5 Å². The van der Waals surface area contributed by atoms with Crippen LogP contribution >= 0.6 is 23.1 Å². The van der Waals surface area contributed by atoms with Gasteiger partial charge in [0.05, 0.1) is 11.1 Å². The Hall–Kier alpha value is -1.67. The maximum atomic E-state index is 12.5. The zero-order valence-electron chi connectivity index (χ0n) is 16.4. The van der Waals surface area contributed by atoms with Crippen molar-refractivity contribution in [3.05, 3.63) is 16.3 Å². The van der Waals surface area contributed by atoms with E-state index in [4.69, 9.17) is 4.98 Å². The number of hydrogen-bond acceptors (Lipinski definition) is 6. The third-order valence-corrected chi connectivity index (χ3v) is 7.85. The van der Waals surface area contributed by atoms with Gasteiger partial charge in [-0.15, -0.1) is 21.5 Å². The molecule has 6 nitrogen and oxygen atoms in total. The van der Waals surface area contributed by atoms with Gasteiger partial charge in [-0.3, -0.25) is 9.20 Å². The minimum absolute atomic E-state index is 0.201. The first-order valence-electron chi connectivity index (χ1n) is 10.2. The normalized spacial score (nSPS) is 17.2. The summed E-state index contributed by atoms with van der Waals surface area (Å²) in [6.45, 7) is 6.09. The molecule has 0 atom stereocenters. The SMILES string of the molecule is CC(C)c1nc2sc3c(c2c2nnc(SCC(=O)N4CCCC4)n12)CCCC3. The Bertz CT molecular complexity index is 1050. The predicted octanol–water partition coefficient (Wildman–Crippen LogP) is 4.06. The Morgan fingerprint density at radius 3 is 2.71 bits per heavy atom. The number of carbonyl (C=O) groups excluding carboxylic acids is 1. The first-order valence-corrected chi connectivity index (χ1v) is 12.0. The number of aromatic nitrogens is 4. The summed E-state index contributed by atoms with van der Waals surface area (Å²) in [5.74, 6) is 1.86. The van der Waals surface area contributed by atoms with E-state index in [-0.39, 0.29) is 11.8 Å². The van der Waals surface area contributed by atoms with Gasteiger partial charge in [0.25, 0.3) is 0 Å². The van der Waals surface area contributed by atoms with Crippen molar-refractivity contribution in [3.8, 4) is 0 Å². The Balaban J connectivity index is 1.57. The summed E-state index contributed by atoms with van der Waals surface area (Å²) in [4.78, 5) is 22.1. The molecule has 4 heterocycles. The average molecular weight is 416 g/mol. The molecule has 1 aliphatic heterocycles. The summed E-state index contributed by atoms with van der Waals surface area (Å²) in [6, 6.07) is 0. The lowest BCUT2D eigenvalue weighted by atomic mass is 9.97. The predicted molar refractivity (Wildman–Crippen MR) is 113 cm³/mol. The highest BCUT2D eigenvalue weighted by Crippen LogP contribution is 2.39. The van der Waals surface area contributed by atoms with Gasteiger partial charge >= 0.3 is 0 Å². The summed E-state index contributed by atoms with van der Waals surface area (Å²) >= 11 is 3.32. The number of amides is 1. The van der Waals surface area contributed by atoms with Crippen molar-refractivity contribution in [1.29, 1.82) is 0 Å². The van der Waals surface area contributed by atoms with Crippen LogP contribution < -0.4 is 0 Å². The van der Waals surface area contributed by atoms with E-state index in [2.05, 4.69) is 28.4 Å². The van der Waals surface area contributed by atoms with Crippen molar-refractivity contribution in [3.63, 3.8) is 0 Å². The van der Waals surface area contributed by atoms with Crippen molar-refractivity contribution in [2.24, 2.45) is 0 Å². The zero-order chi connectivity index (χ0) is 19.3. The number of carbonyl (C=O) groups is 1. The maximum Gasteiger partial charge on any atom is 0.233 e. The lowest BCUT2D eigenvalue weighted by Gasteiger charge is -2.15. The molecule has 0 unspecified atom stereocenters. The summed E-state index contributed by atoms with van der Waals surface area (Å²) in [5, 5.41) is 11.0. The molecule has 5 rings (SSSR count). The molecule has 1 fully saturated rings. The number of hydrogen-bond donors (Lipinski definition) is 0. The highest BCUT2D eigenvalue weighted by atomic mass is 32.2. The topological polar surface area (TPSA) is 63.4 Å². The molecule has 0 aromatic carbocycles. The second kappa shape index (κ2) is 7.30.